The SMILES string of the molecule is CC/C=C\C/C=C\C/C=C\C/C=C\C/C=C\C/C=C\C/C=C\C/C=C\C/C=C\CCCCCC(=O)OCC(COC(=O)CCCCCCCC)OC(=O)CCCCCCC/C=C\C/C=C\C/C=C\C/C=C\C/C=C\CC. The van der Waals surface area contributed by atoms with E-state index >= 15 is 0 Å². The maximum Gasteiger partial charge on any atom is 0.306 e. The Hall–Kier alpha value is -5.23. The minimum Gasteiger partial charge on any atom is -0.462 e. The fourth-order valence-electron chi connectivity index (χ4n) is 7.52. The van der Waals surface area contributed by atoms with E-state index in [0.29, 0.717) is 19.3 Å². The maximum atomic E-state index is 12.8. The molecule has 0 aromatic heterocycles. The lowest BCUT2D eigenvalue weighted by atomic mass is 10.1. The lowest BCUT2D eigenvalue weighted by Crippen LogP contribution is -2.30. The Kier molecular flexibility index (Phi) is 58.0. The minimum absolute atomic E-state index is 0.104. The van der Waals surface area contributed by atoms with Crippen LogP contribution in [0.15, 0.2) is 170 Å². The molecular weight excluding hydrogens is 937 g/mol. The van der Waals surface area contributed by atoms with E-state index in [2.05, 4.69) is 191 Å². The summed E-state index contributed by atoms with van der Waals surface area (Å²) in [6, 6.07) is 0. The van der Waals surface area contributed by atoms with Gasteiger partial charge < -0.3 is 14.2 Å². The molecular formula is C70H108O6. The van der Waals surface area contributed by atoms with E-state index in [9.17, 15) is 14.4 Å². The summed E-state index contributed by atoms with van der Waals surface area (Å²) < 4.78 is 16.7. The molecule has 0 N–H and O–H groups in total. The number of rotatable bonds is 52. The van der Waals surface area contributed by atoms with E-state index < -0.39 is 6.10 Å². The quantitative estimate of drug-likeness (QED) is 0.0261. The summed E-state index contributed by atoms with van der Waals surface area (Å²) >= 11 is 0. The van der Waals surface area contributed by atoms with E-state index in [-0.39, 0.29) is 31.1 Å². The van der Waals surface area contributed by atoms with Crippen LogP contribution in [0.4, 0.5) is 0 Å². The third-order valence-corrected chi connectivity index (χ3v) is 12.0. The summed E-state index contributed by atoms with van der Waals surface area (Å²) in [6.45, 7) is 6.28. The van der Waals surface area contributed by atoms with E-state index in [1.165, 1.54) is 19.3 Å². The molecule has 0 aliphatic heterocycles. The molecule has 0 aliphatic rings. The largest absolute Gasteiger partial charge is 0.462 e. The summed E-state index contributed by atoms with van der Waals surface area (Å²) in [4.78, 5) is 37.9. The number of esters is 3. The third kappa shape index (κ3) is 59.6. The number of ether oxygens (including phenoxy) is 3. The number of carbonyl (C=O) groups excluding carboxylic acids is 3. The van der Waals surface area contributed by atoms with Crippen molar-refractivity contribution in [1.82, 2.24) is 0 Å². The van der Waals surface area contributed by atoms with Gasteiger partial charge in [-0.3, -0.25) is 14.4 Å². The van der Waals surface area contributed by atoms with Gasteiger partial charge in [0, 0.05) is 19.3 Å². The van der Waals surface area contributed by atoms with Crippen molar-refractivity contribution in [2.45, 2.75) is 239 Å². The van der Waals surface area contributed by atoms with Gasteiger partial charge in [0.05, 0.1) is 0 Å². The van der Waals surface area contributed by atoms with Crippen molar-refractivity contribution in [2.75, 3.05) is 13.2 Å². The van der Waals surface area contributed by atoms with E-state index in [1.807, 2.05) is 0 Å². The minimum atomic E-state index is -0.808. The Balaban J connectivity index is 4.28. The average Bonchev–Trinajstić information content (AvgIpc) is 3.42. The topological polar surface area (TPSA) is 78.9 Å². The van der Waals surface area contributed by atoms with E-state index in [4.69, 9.17) is 14.2 Å². The predicted molar refractivity (Wildman–Crippen MR) is 329 cm³/mol. The molecule has 76 heavy (non-hydrogen) atoms. The maximum absolute atomic E-state index is 12.8. The number of hydrogen-bond donors (Lipinski definition) is 0. The molecule has 6 nitrogen and oxygen atoms in total. The Morgan fingerprint density at radius 2 is 0.513 bits per heavy atom. The summed E-state index contributed by atoms with van der Waals surface area (Å²) in [7, 11) is 0. The normalized spacial score (nSPS) is 13.4. The molecule has 0 radical (unpaired) electrons. The second kappa shape index (κ2) is 62.3. The zero-order valence-electron chi connectivity index (χ0n) is 48.4. The lowest BCUT2D eigenvalue weighted by molar-refractivity contribution is -0.167. The van der Waals surface area contributed by atoms with Crippen LogP contribution >= 0.6 is 0 Å². The molecule has 0 spiro atoms. The summed E-state index contributed by atoms with van der Waals surface area (Å²) in [5.74, 6) is -0.978. The van der Waals surface area contributed by atoms with Gasteiger partial charge in [0.1, 0.15) is 13.2 Å². The highest BCUT2D eigenvalue weighted by atomic mass is 16.6. The van der Waals surface area contributed by atoms with Gasteiger partial charge in [-0.15, -0.1) is 0 Å². The van der Waals surface area contributed by atoms with Crippen LogP contribution < -0.4 is 0 Å². The number of allylic oxidation sites excluding steroid dienone is 28. The molecule has 0 fully saturated rings. The van der Waals surface area contributed by atoms with Crippen LogP contribution in [0.3, 0.4) is 0 Å². The fourth-order valence-corrected chi connectivity index (χ4v) is 7.52. The first-order chi connectivity index (χ1) is 37.5. The first-order valence-corrected chi connectivity index (χ1v) is 30.1. The van der Waals surface area contributed by atoms with Gasteiger partial charge >= 0.3 is 17.9 Å². The average molecular weight is 1050 g/mol. The number of unbranched alkanes of at least 4 members (excludes halogenated alkanes) is 13. The van der Waals surface area contributed by atoms with E-state index in [1.54, 1.807) is 0 Å². The molecule has 6 heteroatoms. The standard InChI is InChI=1S/C70H108O6/c1-4-7-10-13-16-18-20-22-24-26-28-30-31-32-33-34-35-36-37-38-39-41-42-44-46-48-50-52-54-57-60-63-69(72)75-66-67(65-74-68(71)62-59-56-15-12-9-6-3)76-70(73)64-61-58-55-53-51-49-47-45-43-40-29-27-25-23-21-19-17-14-11-8-5-2/h7-8,10-11,16-19,22-25,28-30,32-33,35-36,38-40,42,44-45,47-48,50,67H,4-6,9,12-15,20-21,26-27,31,34,37,41,43,46,49,51-66H2,1-3H3/b10-7-,11-8-,18-16-,19-17-,24-22-,25-23-,30-28-,33-32-,36-35-,39-38-,40-29-,44-42-,47-45-,50-48-. The second-order valence-corrected chi connectivity index (χ2v) is 19.1. The molecule has 0 bridgehead atoms. The Morgan fingerprint density at radius 1 is 0.276 bits per heavy atom. The molecule has 0 aliphatic carbocycles. The van der Waals surface area contributed by atoms with Crippen molar-refractivity contribution in [3.63, 3.8) is 0 Å². The van der Waals surface area contributed by atoms with Gasteiger partial charge in [-0.1, -0.05) is 249 Å². The monoisotopic (exact) mass is 1040 g/mol. The molecule has 424 valence electrons. The van der Waals surface area contributed by atoms with E-state index in [0.717, 1.165) is 173 Å². The molecule has 1 atom stereocenters. The summed E-state index contributed by atoms with van der Waals surface area (Å²) in [5.41, 5.74) is 0. The number of hydrogen-bond acceptors (Lipinski definition) is 6. The van der Waals surface area contributed by atoms with Crippen molar-refractivity contribution in [3.05, 3.63) is 170 Å². The second-order valence-electron chi connectivity index (χ2n) is 19.1. The summed E-state index contributed by atoms with van der Waals surface area (Å²) in [6.07, 6.45) is 92.4. The lowest BCUT2D eigenvalue weighted by Gasteiger charge is -2.18. The Labute approximate surface area is 466 Å². The van der Waals surface area contributed by atoms with Crippen LogP contribution in [0.2, 0.25) is 0 Å². The van der Waals surface area contributed by atoms with Crippen LogP contribution in [0, 0.1) is 0 Å². The van der Waals surface area contributed by atoms with Gasteiger partial charge in [-0.2, -0.15) is 0 Å². The van der Waals surface area contributed by atoms with Crippen molar-refractivity contribution in [1.29, 1.82) is 0 Å². The van der Waals surface area contributed by atoms with Crippen molar-refractivity contribution >= 4 is 17.9 Å². The van der Waals surface area contributed by atoms with Crippen LogP contribution in [-0.4, -0.2) is 37.2 Å². The molecule has 0 aromatic carbocycles. The highest BCUT2D eigenvalue weighted by Crippen LogP contribution is 2.12. The number of carbonyl (C=O) groups is 3. The highest BCUT2D eigenvalue weighted by Gasteiger charge is 2.19. The van der Waals surface area contributed by atoms with Crippen LogP contribution in [0.1, 0.15) is 233 Å². The van der Waals surface area contributed by atoms with Crippen LogP contribution in [0.5, 0.6) is 0 Å². The third-order valence-electron chi connectivity index (χ3n) is 12.0. The molecule has 0 aromatic rings. The van der Waals surface area contributed by atoms with Gasteiger partial charge in [-0.05, 0) is 135 Å². The molecule has 0 saturated heterocycles. The van der Waals surface area contributed by atoms with Crippen LogP contribution in [-0.2, 0) is 28.6 Å². The fraction of sp³-hybridized carbons (Fsp3) is 0.557. The van der Waals surface area contributed by atoms with Gasteiger partial charge in [-0.25, -0.2) is 0 Å². The van der Waals surface area contributed by atoms with Gasteiger partial charge in [0.2, 0.25) is 0 Å². The van der Waals surface area contributed by atoms with Crippen molar-refractivity contribution < 1.29 is 28.6 Å². The Bertz CT molecular complexity index is 1770. The highest BCUT2D eigenvalue weighted by molar-refractivity contribution is 5.71. The Morgan fingerprint density at radius 3 is 0.816 bits per heavy atom. The van der Waals surface area contributed by atoms with Gasteiger partial charge in [0.25, 0.3) is 0 Å². The molecule has 0 saturated carbocycles. The smallest absolute Gasteiger partial charge is 0.306 e. The molecule has 0 heterocycles. The first-order valence-electron chi connectivity index (χ1n) is 30.1. The van der Waals surface area contributed by atoms with Crippen molar-refractivity contribution in [3.8, 4) is 0 Å². The first kappa shape index (κ1) is 70.8. The van der Waals surface area contributed by atoms with Crippen molar-refractivity contribution in [2.24, 2.45) is 0 Å². The molecule has 0 rings (SSSR count). The molecule has 1 unspecified atom stereocenters. The van der Waals surface area contributed by atoms with Crippen LogP contribution in [0.25, 0.3) is 0 Å². The predicted octanol–water partition coefficient (Wildman–Crippen LogP) is 20.7. The summed E-state index contributed by atoms with van der Waals surface area (Å²) in [5, 5.41) is 0. The molecule has 0 amide bonds. The zero-order chi connectivity index (χ0) is 55.0. The van der Waals surface area contributed by atoms with Gasteiger partial charge in [0.15, 0.2) is 6.10 Å². The zero-order valence-corrected chi connectivity index (χ0v) is 48.4.